The summed E-state index contributed by atoms with van der Waals surface area (Å²) in [7, 11) is 0. The van der Waals surface area contributed by atoms with E-state index >= 15 is 0 Å². The highest BCUT2D eigenvalue weighted by Gasteiger charge is 2.43. The minimum absolute atomic E-state index is 0.0207. The topological polar surface area (TPSA) is 49.4 Å². The molecule has 1 N–H and O–H groups in total. The van der Waals surface area contributed by atoms with Crippen LogP contribution in [0.4, 0.5) is 10.1 Å². The van der Waals surface area contributed by atoms with Crippen molar-refractivity contribution in [3.8, 4) is 0 Å². The normalized spacial score (nSPS) is 16.9. The summed E-state index contributed by atoms with van der Waals surface area (Å²) in [6.07, 6.45) is 0. The van der Waals surface area contributed by atoms with E-state index in [-0.39, 0.29) is 13.1 Å². The van der Waals surface area contributed by atoms with E-state index in [1.807, 2.05) is 19.1 Å². The third kappa shape index (κ3) is 2.67. The minimum Gasteiger partial charge on any atom is -0.328 e. The largest absolute Gasteiger partial charge is 0.328 e. The van der Waals surface area contributed by atoms with Gasteiger partial charge in [0.15, 0.2) is 0 Å². The summed E-state index contributed by atoms with van der Waals surface area (Å²) in [5, 5.41) is 2.49. The van der Waals surface area contributed by atoms with Crippen LogP contribution in [-0.4, -0.2) is 35.5 Å². The zero-order valence-corrected chi connectivity index (χ0v) is 10.4. The highest BCUT2D eigenvalue weighted by atomic mass is 19.1. The van der Waals surface area contributed by atoms with E-state index in [0.29, 0.717) is 5.69 Å². The number of amides is 2. The molecule has 2 amide bonds. The number of rotatable bonds is 1. The first kappa shape index (κ1) is 12.5. The molecule has 1 fully saturated rings. The number of alkyl halides is 1. The summed E-state index contributed by atoms with van der Waals surface area (Å²) in [6.45, 7) is 3.30. The number of carbonyl (C=O) groups is 2. The average Bonchev–Trinajstić information content (AvgIpc) is 2.28. The molecule has 5 heteroatoms. The molecule has 4 nitrogen and oxygen atoms in total. The van der Waals surface area contributed by atoms with E-state index in [9.17, 15) is 14.0 Å². The Morgan fingerprint density at radius 2 is 1.83 bits per heavy atom. The lowest BCUT2D eigenvalue weighted by molar-refractivity contribution is -0.152. The smallest absolute Gasteiger partial charge is 0.313 e. The molecule has 0 bridgehead atoms. The third-order valence-electron chi connectivity index (χ3n) is 2.83. The molecule has 1 aliphatic rings. The van der Waals surface area contributed by atoms with Crippen LogP contribution in [0.15, 0.2) is 24.3 Å². The Morgan fingerprint density at radius 1 is 1.28 bits per heavy atom. The molecule has 96 valence electrons. The van der Waals surface area contributed by atoms with Gasteiger partial charge in [0.05, 0.1) is 13.1 Å². The standard InChI is InChI=1S/C13H15FN2O2/c1-9-3-5-10(6-4-9)15-11(17)12(18)16-7-13(2,14)8-16/h3-6H,7-8H2,1-2H3,(H,15,17). The van der Waals surface area contributed by atoms with Crippen molar-refractivity contribution in [3.63, 3.8) is 0 Å². The zero-order chi connectivity index (χ0) is 13.3. The summed E-state index contributed by atoms with van der Waals surface area (Å²) in [4.78, 5) is 24.4. The highest BCUT2D eigenvalue weighted by molar-refractivity contribution is 6.39. The van der Waals surface area contributed by atoms with Crippen LogP contribution in [0, 0.1) is 6.92 Å². The number of aryl methyl sites for hydroxylation is 1. The number of carbonyl (C=O) groups excluding carboxylic acids is 2. The van der Waals surface area contributed by atoms with Crippen molar-refractivity contribution in [2.24, 2.45) is 0 Å². The van der Waals surface area contributed by atoms with Crippen LogP contribution in [0.1, 0.15) is 12.5 Å². The van der Waals surface area contributed by atoms with Crippen LogP contribution in [0.25, 0.3) is 0 Å². The number of halogens is 1. The van der Waals surface area contributed by atoms with E-state index in [1.165, 1.54) is 11.8 Å². The van der Waals surface area contributed by atoms with Crippen molar-refractivity contribution < 1.29 is 14.0 Å². The second-order valence-electron chi connectivity index (χ2n) is 4.89. The summed E-state index contributed by atoms with van der Waals surface area (Å²) < 4.78 is 13.2. The molecule has 1 aromatic rings. The Bertz CT molecular complexity index is 474. The summed E-state index contributed by atoms with van der Waals surface area (Å²) in [5.74, 6) is -1.42. The Hall–Kier alpha value is -1.91. The quantitative estimate of drug-likeness (QED) is 0.768. The average molecular weight is 250 g/mol. The molecule has 0 radical (unpaired) electrons. The molecule has 0 aliphatic carbocycles. The Morgan fingerprint density at radius 3 is 2.33 bits per heavy atom. The van der Waals surface area contributed by atoms with Crippen molar-refractivity contribution in [1.29, 1.82) is 0 Å². The monoisotopic (exact) mass is 250 g/mol. The molecule has 0 saturated carbocycles. The molecule has 18 heavy (non-hydrogen) atoms. The fraction of sp³-hybridized carbons (Fsp3) is 0.385. The predicted octanol–water partition coefficient (Wildman–Crippen LogP) is 1.50. The first-order valence-corrected chi connectivity index (χ1v) is 5.73. The van der Waals surface area contributed by atoms with E-state index in [1.54, 1.807) is 12.1 Å². The van der Waals surface area contributed by atoms with Gasteiger partial charge in [0, 0.05) is 5.69 Å². The zero-order valence-electron chi connectivity index (χ0n) is 10.4. The third-order valence-corrected chi connectivity index (χ3v) is 2.83. The number of hydrogen-bond acceptors (Lipinski definition) is 2. The van der Waals surface area contributed by atoms with Gasteiger partial charge < -0.3 is 10.2 Å². The summed E-state index contributed by atoms with van der Waals surface area (Å²) in [5.41, 5.74) is 0.262. The maximum absolute atomic E-state index is 13.2. The number of likely N-dealkylation sites (tertiary alicyclic amines) is 1. The molecule has 1 aromatic carbocycles. The number of nitrogens with zero attached hydrogens (tertiary/aromatic N) is 1. The molecule has 1 saturated heterocycles. The number of nitrogens with one attached hydrogen (secondary N) is 1. The van der Waals surface area contributed by atoms with Gasteiger partial charge in [-0.3, -0.25) is 9.59 Å². The molecule has 0 atom stereocenters. The van der Waals surface area contributed by atoms with Crippen molar-refractivity contribution in [3.05, 3.63) is 29.8 Å². The Balaban J connectivity index is 1.92. The van der Waals surface area contributed by atoms with Crippen LogP contribution >= 0.6 is 0 Å². The van der Waals surface area contributed by atoms with Crippen molar-refractivity contribution >= 4 is 17.5 Å². The van der Waals surface area contributed by atoms with E-state index in [2.05, 4.69) is 5.32 Å². The molecular formula is C13H15FN2O2. The van der Waals surface area contributed by atoms with Gasteiger partial charge >= 0.3 is 11.8 Å². The molecule has 0 spiro atoms. The van der Waals surface area contributed by atoms with Crippen molar-refractivity contribution in [2.45, 2.75) is 19.5 Å². The highest BCUT2D eigenvalue weighted by Crippen LogP contribution is 2.24. The summed E-state index contributed by atoms with van der Waals surface area (Å²) >= 11 is 0. The van der Waals surface area contributed by atoms with Gasteiger partial charge in [-0.1, -0.05) is 17.7 Å². The van der Waals surface area contributed by atoms with Crippen LogP contribution in [0.3, 0.4) is 0 Å². The number of hydrogen-bond donors (Lipinski definition) is 1. The summed E-state index contributed by atoms with van der Waals surface area (Å²) in [6, 6.07) is 7.11. The van der Waals surface area contributed by atoms with Gasteiger partial charge in [-0.15, -0.1) is 0 Å². The van der Waals surface area contributed by atoms with Crippen LogP contribution in [0.2, 0.25) is 0 Å². The van der Waals surface area contributed by atoms with Gasteiger partial charge in [0.1, 0.15) is 5.67 Å². The lowest BCUT2D eigenvalue weighted by Crippen LogP contribution is -2.61. The molecule has 1 aliphatic heterocycles. The Kier molecular flexibility index (Phi) is 3.07. The Labute approximate surface area is 105 Å². The molecule has 2 rings (SSSR count). The van der Waals surface area contributed by atoms with Gasteiger partial charge in [-0.25, -0.2) is 4.39 Å². The van der Waals surface area contributed by atoms with Crippen LogP contribution in [0.5, 0.6) is 0 Å². The van der Waals surface area contributed by atoms with Crippen LogP contribution in [-0.2, 0) is 9.59 Å². The van der Waals surface area contributed by atoms with E-state index in [0.717, 1.165) is 5.56 Å². The fourth-order valence-electron chi connectivity index (χ4n) is 1.86. The second kappa shape index (κ2) is 4.40. The molecule has 0 aromatic heterocycles. The SMILES string of the molecule is Cc1ccc(NC(=O)C(=O)N2CC(C)(F)C2)cc1. The number of anilines is 1. The van der Waals surface area contributed by atoms with Gasteiger partial charge in [-0.05, 0) is 26.0 Å². The van der Waals surface area contributed by atoms with E-state index < -0.39 is 17.5 Å². The molecule has 0 unspecified atom stereocenters. The van der Waals surface area contributed by atoms with Crippen molar-refractivity contribution in [1.82, 2.24) is 4.90 Å². The molecule has 1 heterocycles. The maximum atomic E-state index is 13.2. The maximum Gasteiger partial charge on any atom is 0.313 e. The first-order chi connectivity index (χ1) is 8.37. The van der Waals surface area contributed by atoms with Gasteiger partial charge in [-0.2, -0.15) is 0 Å². The lowest BCUT2D eigenvalue weighted by atomic mass is 9.99. The molecular weight excluding hydrogens is 235 g/mol. The number of benzene rings is 1. The van der Waals surface area contributed by atoms with E-state index in [4.69, 9.17) is 0 Å². The fourth-order valence-corrected chi connectivity index (χ4v) is 1.86. The lowest BCUT2D eigenvalue weighted by Gasteiger charge is -2.41. The second-order valence-corrected chi connectivity index (χ2v) is 4.89. The van der Waals surface area contributed by atoms with Gasteiger partial charge in [0.25, 0.3) is 0 Å². The minimum atomic E-state index is -1.36. The van der Waals surface area contributed by atoms with Crippen molar-refractivity contribution in [2.75, 3.05) is 18.4 Å². The van der Waals surface area contributed by atoms with Gasteiger partial charge in [0.2, 0.25) is 0 Å². The predicted molar refractivity (Wildman–Crippen MR) is 65.9 cm³/mol. The van der Waals surface area contributed by atoms with Crippen LogP contribution < -0.4 is 5.32 Å². The first-order valence-electron chi connectivity index (χ1n) is 5.73.